The number of aliphatic hydroxyl groups is 1. The van der Waals surface area contributed by atoms with Gasteiger partial charge in [0.25, 0.3) is 0 Å². The van der Waals surface area contributed by atoms with Crippen LogP contribution in [0.3, 0.4) is 0 Å². The van der Waals surface area contributed by atoms with Gasteiger partial charge in [-0.3, -0.25) is 9.69 Å². The summed E-state index contributed by atoms with van der Waals surface area (Å²) >= 11 is 0. The molecule has 2 rings (SSSR count). The first-order chi connectivity index (χ1) is 10.7. The lowest BCUT2D eigenvalue weighted by Gasteiger charge is -2.34. The van der Waals surface area contributed by atoms with Crippen LogP contribution in [0.5, 0.6) is 5.75 Å². The average Bonchev–Trinajstić information content (AvgIpc) is 2.55. The lowest BCUT2D eigenvalue weighted by molar-refractivity contribution is -0.124. The summed E-state index contributed by atoms with van der Waals surface area (Å²) in [6.45, 7) is 3.29. The Bertz CT molecular complexity index is 493. The number of benzene rings is 1. The van der Waals surface area contributed by atoms with Gasteiger partial charge in [-0.25, -0.2) is 0 Å². The topological polar surface area (TPSA) is 61.8 Å². The van der Waals surface area contributed by atoms with Gasteiger partial charge in [0.15, 0.2) is 0 Å². The number of hydrogen-bond donors (Lipinski definition) is 2. The highest BCUT2D eigenvalue weighted by Gasteiger charge is 2.24. The van der Waals surface area contributed by atoms with Crippen molar-refractivity contribution in [2.24, 2.45) is 0 Å². The number of hydrogen-bond acceptors (Lipinski definition) is 4. The molecule has 1 aromatic carbocycles. The molecule has 122 valence electrons. The van der Waals surface area contributed by atoms with Crippen molar-refractivity contribution in [1.29, 1.82) is 0 Å². The minimum absolute atomic E-state index is 0.0150. The van der Waals surface area contributed by atoms with Crippen LogP contribution in [0.25, 0.3) is 0 Å². The number of methoxy groups -OCH3 is 1. The number of amides is 1. The molecule has 0 aromatic heterocycles. The number of rotatable bonds is 6. The van der Waals surface area contributed by atoms with E-state index in [4.69, 9.17) is 4.74 Å². The maximum atomic E-state index is 12.3. The average molecular weight is 306 g/mol. The normalized spacial score (nSPS) is 20.4. The second-order valence-electron chi connectivity index (χ2n) is 5.83. The Morgan fingerprint density at radius 1 is 1.45 bits per heavy atom. The molecule has 1 saturated heterocycles. The Kier molecular flexibility index (Phi) is 6.21. The molecular weight excluding hydrogens is 280 g/mol. The molecule has 0 saturated carbocycles. The highest BCUT2D eigenvalue weighted by atomic mass is 16.5. The first-order valence-corrected chi connectivity index (χ1v) is 7.93. The molecule has 2 atom stereocenters. The second kappa shape index (κ2) is 8.15. The van der Waals surface area contributed by atoms with E-state index < -0.39 is 0 Å². The van der Waals surface area contributed by atoms with E-state index in [1.54, 1.807) is 7.11 Å². The standard InChI is InChI=1S/C17H26N2O3/c1-13(15-8-3-4-9-16(15)22-2)18-17(21)11-19-10-6-5-7-14(19)12-20/h3-4,8-9,13-14,20H,5-7,10-12H2,1-2H3,(H,18,21). The van der Waals surface area contributed by atoms with Crippen LogP contribution >= 0.6 is 0 Å². The Balaban J connectivity index is 1.93. The highest BCUT2D eigenvalue weighted by Crippen LogP contribution is 2.24. The fourth-order valence-corrected chi connectivity index (χ4v) is 3.05. The van der Waals surface area contributed by atoms with Crippen LogP contribution in [0.2, 0.25) is 0 Å². The summed E-state index contributed by atoms with van der Waals surface area (Å²) in [6.07, 6.45) is 3.18. The van der Waals surface area contributed by atoms with Crippen LogP contribution in [0.1, 0.15) is 37.8 Å². The van der Waals surface area contributed by atoms with Crippen LogP contribution < -0.4 is 10.1 Å². The van der Waals surface area contributed by atoms with Gasteiger partial charge in [-0.1, -0.05) is 24.6 Å². The van der Waals surface area contributed by atoms with Crippen LogP contribution in [0.15, 0.2) is 24.3 Å². The zero-order valence-electron chi connectivity index (χ0n) is 13.4. The van der Waals surface area contributed by atoms with Gasteiger partial charge < -0.3 is 15.2 Å². The van der Waals surface area contributed by atoms with Crippen LogP contribution in [0.4, 0.5) is 0 Å². The molecule has 1 fully saturated rings. The molecule has 0 aliphatic carbocycles. The van der Waals surface area contributed by atoms with Gasteiger partial charge in [-0.2, -0.15) is 0 Å². The molecule has 0 bridgehead atoms. The molecule has 1 aromatic rings. The molecule has 5 nitrogen and oxygen atoms in total. The number of nitrogens with one attached hydrogen (secondary N) is 1. The van der Waals surface area contributed by atoms with E-state index in [-0.39, 0.29) is 24.6 Å². The molecule has 0 spiro atoms. The maximum Gasteiger partial charge on any atom is 0.234 e. The maximum absolute atomic E-state index is 12.3. The van der Waals surface area contributed by atoms with Crippen molar-refractivity contribution in [2.75, 3.05) is 26.8 Å². The predicted octanol–water partition coefficient (Wildman–Crippen LogP) is 1.72. The third-order valence-corrected chi connectivity index (χ3v) is 4.29. The van der Waals surface area contributed by atoms with Gasteiger partial charge >= 0.3 is 0 Å². The Labute approximate surface area is 132 Å². The smallest absolute Gasteiger partial charge is 0.234 e. The number of carbonyl (C=O) groups excluding carboxylic acids is 1. The summed E-state index contributed by atoms with van der Waals surface area (Å²) in [4.78, 5) is 14.4. The van der Waals surface area contributed by atoms with Gasteiger partial charge in [0.05, 0.1) is 26.3 Å². The summed E-state index contributed by atoms with van der Waals surface area (Å²) < 4.78 is 5.34. The number of para-hydroxylation sites is 1. The molecule has 0 radical (unpaired) electrons. The molecule has 1 heterocycles. The van der Waals surface area contributed by atoms with Gasteiger partial charge in [0.1, 0.15) is 5.75 Å². The minimum atomic E-state index is -0.110. The molecular formula is C17H26N2O3. The first kappa shape index (κ1) is 16.8. The number of aliphatic hydroxyl groups excluding tert-OH is 1. The van der Waals surface area contributed by atoms with Gasteiger partial charge in [0.2, 0.25) is 5.91 Å². The van der Waals surface area contributed by atoms with Gasteiger partial charge in [-0.05, 0) is 32.4 Å². The van der Waals surface area contributed by atoms with Crippen molar-refractivity contribution in [3.05, 3.63) is 29.8 Å². The quantitative estimate of drug-likeness (QED) is 0.840. The molecule has 1 amide bonds. The van der Waals surface area contributed by atoms with Crippen molar-refractivity contribution < 1.29 is 14.6 Å². The number of piperidine rings is 1. The van der Waals surface area contributed by atoms with Crippen molar-refractivity contribution in [3.8, 4) is 5.75 Å². The van der Waals surface area contributed by atoms with E-state index in [0.29, 0.717) is 6.54 Å². The number of nitrogens with zero attached hydrogens (tertiary/aromatic N) is 1. The molecule has 2 unspecified atom stereocenters. The van der Waals surface area contributed by atoms with Gasteiger partial charge in [0, 0.05) is 11.6 Å². The van der Waals surface area contributed by atoms with Crippen molar-refractivity contribution in [3.63, 3.8) is 0 Å². The zero-order valence-corrected chi connectivity index (χ0v) is 13.4. The third-order valence-electron chi connectivity index (χ3n) is 4.29. The van der Waals surface area contributed by atoms with Crippen LogP contribution in [0, 0.1) is 0 Å². The number of likely N-dealkylation sites (tertiary alicyclic amines) is 1. The number of carbonyl (C=O) groups is 1. The van der Waals surface area contributed by atoms with Crippen molar-refractivity contribution >= 4 is 5.91 Å². The lowest BCUT2D eigenvalue weighted by atomic mass is 10.0. The molecule has 1 aliphatic heterocycles. The Morgan fingerprint density at radius 3 is 2.95 bits per heavy atom. The van der Waals surface area contributed by atoms with Crippen LogP contribution in [-0.2, 0) is 4.79 Å². The van der Waals surface area contributed by atoms with E-state index in [1.165, 1.54) is 0 Å². The zero-order chi connectivity index (χ0) is 15.9. The largest absolute Gasteiger partial charge is 0.496 e. The van der Waals surface area contributed by atoms with E-state index in [2.05, 4.69) is 10.2 Å². The fourth-order valence-electron chi connectivity index (χ4n) is 3.05. The predicted molar refractivity (Wildman–Crippen MR) is 85.8 cm³/mol. The van der Waals surface area contributed by atoms with Crippen molar-refractivity contribution in [2.45, 2.75) is 38.3 Å². The number of ether oxygens (including phenoxy) is 1. The molecule has 22 heavy (non-hydrogen) atoms. The van der Waals surface area contributed by atoms with E-state index >= 15 is 0 Å². The summed E-state index contributed by atoms with van der Waals surface area (Å²) in [5.41, 5.74) is 0.968. The molecule has 5 heteroatoms. The van der Waals surface area contributed by atoms with E-state index in [9.17, 15) is 9.90 Å². The monoisotopic (exact) mass is 306 g/mol. The third kappa shape index (κ3) is 4.21. The van der Waals surface area contributed by atoms with Crippen molar-refractivity contribution in [1.82, 2.24) is 10.2 Å². The summed E-state index contributed by atoms with van der Waals surface area (Å²) in [5, 5.41) is 12.4. The van der Waals surface area contributed by atoms with Gasteiger partial charge in [-0.15, -0.1) is 0 Å². The fraction of sp³-hybridized carbons (Fsp3) is 0.588. The SMILES string of the molecule is COc1ccccc1C(C)NC(=O)CN1CCCCC1CO. The summed E-state index contributed by atoms with van der Waals surface area (Å²) in [5.74, 6) is 0.764. The summed E-state index contributed by atoms with van der Waals surface area (Å²) in [6, 6.07) is 7.71. The lowest BCUT2D eigenvalue weighted by Crippen LogP contribution is -2.47. The molecule has 1 aliphatic rings. The minimum Gasteiger partial charge on any atom is -0.496 e. The van der Waals surface area contributed by atoms with E-state index in [0.717, 1.165) is 37.1 Å². The van der Waals surface area contributed by atoms with E-state index in [1.807, 2.05) is 31.2 Å². The Morgan fingerprint density at radius 2 is 2.23 bits per heavy atom. The summed E-state index contributed by atoms with van der Waals surface area (Å²) in [7, 11) is 1.63. The second-order valence-corrected chi connectivity index (χ2v) is 5.83. The highest BCUT2D eigenvalue weighted by molar-refractivity contribution is 5.78. The molecule has 2 N–H and O–H groups in total. The Hall–Kier alpha value is -1.59. The first-order valence-electron chi connectivity index (χ1n) is 7.93. The van der Waals surface area contributed by atoms with Crippen LogP contribution in [-0.4, -0.2) is 48.8 Å².